The van der Waals surface area contributed by atoms with Crippen molar-refractivity contribution in [1.82, 2.24) is 5.32 Å². The summed E-state index contributed by atoms with van der Waals surface area (Å²) in [6, 6.07) is 10.6. The first kappa shape index (κ1) is 21.6. The number of rotatable bonds is 8. The smallest absolute Gasteiger partial charge is 0.251 e. The Morgan fingerprint density at radius 2 is 1.79 bits per heavy atom. The molecule has 0 spiro atoms. The van der Waals surface area contributed by atoms with Crippen molar-refractivity contribution in [2.75, 3.05) is 38.4 Å². The number of nitrogens with zero attached hydrogens (tertiary/aromatic N) is 1. The van der Waals surface area contributed by atoms with E-state index in [2.05, 4.69) is 5.32 Å². The van der Waals surface area contributed by atoms with Crippen LogP contribution in [0.2, 0.25) is 0 Å². The molecule has 0 fully saturated rings. The van der Waals surface area contributed by atoms with E-state index < -0.39 is 10.0 Å². The topological polar surface area (TPSA) is 84.9 Å². The van der Waals surface area contributed by atoms with Gasteiger partial charge in [0.05, 0.1) is 26.2 Å². The van der Waals surface area contributed by atoms with E-state index in [-0.39, 0.29) is 5.91 Å². The molecule has 28 heavy (non-hydrogen) atoms. The van der Waals surface area contributed by atoms with E-state index in [0.29, 0.717) is 41.3 Å². The van der Waals surface area contributed by atoms with Crippen LogP contribution in [0.25, 0.3) is 0 Å². The Kier molecular flexibility index (Phi) is 6.90. The minimum Gasteiger partial charge on any atom is -0.493 e. The van der Waals surface area contributed by atoms with Crippen molar-refractivity contribution in [3.63, 3.8) is 0 Å². The van der Waals surface area contributed by atoms with E-state index in [1.807, 2.05) is 18.2 Å². The predicted octanol–water partition coefficient (Wildman–Crippen LogP) is 2.38. The largest absolute Gasteiger partial charge is 0.493 e. The molecule has 0 saturated carbocycles. The highest BCUT2D eigenvalue weighted by Gasteiger charge is 2.18. The lowest BCUT2D eigenvalue weighted by Gasteiger charge is -2.20. The third-order valence-electron chi connectivity index (χ3n) is 4.53. The first-order chi connectivity index (χ1) is 13.2. The first-order valence-electron chi connectivity index (χ1n) is 8.71. The van der Waals surface area contributed by atoms with Crippen LogP contribution in [0.4, 0.5) is 5.69 Å². The Morgan fingerprint density at radius 3 is 2.39 bits per heavy atom. The van der Waals surface area contributed by atoms with E-state index in [0.717, 1.165) is 11.8 Å². The van der Waals surface area contributed by atoms with Gasteiger partial charge in [0.1, 0.15) is 0 Å². The zero-order chi connectivity index (χ0) is 20.9. The summed E-state index contributed by atoms with van der Waals surface area (Å²) in [5, 5.41) is 2.88. The van der Waals surface area contributed by atoms with Gasteiger partial charge in [0.15, 0.2) is 11.5 Å². The lowest BCUT2D eigenvalue weighted by molar-refractivity contribution is 0.0953. The molecule has 0 unspecified atom stereocenters. The van der Waals surface area contributed by atoms with Gasteiger partial charge in [-0.15, -0.1) is 0 Å². The Hall–Kier alpha value is -2.74. The summed E-state index contributed by atoms with van der Waals surface area (Å²) in [7, 11) is 1.22. The number of benzene rings is 2. The molecular weight excluding hydrogens is 380 g/mol. The van der Waals surface area contributed by atoms with Gasteiger partial charge in [-0.3, -0.25) is 9.10 Å². The van der Waals surface area contributed by atoms with Gasteiger partial charge in [0, 0.05) is 19.2 Å². The fraction of sp³-hybridized carbons (Fsp3) is 0.350. The van der Waals surface area contributed by atoms with Gasteiger partial charge in [-0.2, -0.15) is 0 Å². The Labute approximate surface area is 166 Å². The number of anilines is 1. The highest BCUT2D eigenvalue weighted by Crippen LogP contribution is 2.27. The second kappa shape index (κ2) is 8.97. The fourth-order valence-electron chi connectivity index (χ4n) is 2.84. The minimum absolute atomic E-state index is 0.248. The average molecular weight is 407 g/mol. The second-order valence-corrected chi connectivity index (χ2v) is 8.39. The molecule has 2 rings (SSSR count). The van der Waals surface area contributed by atoms with Crippen LogP contribution in [-0.4, -0.2) is 48.4 Å². The van der Waals surface area contributed by atoms with Crippen LogP contribution in [-0.2, 0) is 16.4 Å². The highest BCUT2D eigenvalue weighted by molar-refractivity contribution is 7.92. The van der Waals surface area contributed by atoms with E-state index in [1.165, 1.54) is 11.4 Å². The number of hydrogen-bond donors (Lipinski definition) is 1. The summed E-state index contributed by atoms with van der Waals surface area (Å²) in [5.41, 5.74) is 2.54. The summed E-state index contributed by atoms with van der Waals surface area (Å²) < 4.78 is 35.3. The maximum Gasteiger partial charge on any atom is 0.251 e. The van der Waals surface area contributed by atoms with Gasteiger partial charge in [0.25, 0.3) is 5.91 Å². The molecule has 1 N–H and O–H groups in total. The third kappa shape index (κ3) is 4.95. The van der Waals surface area contributed by atoms with Crippen molar-refractivity contribution in [3.8, 4) is 11.5 Å². The van der Waals surface area contributed by atoms with Crippen molar-refractivity contribution in [2.45, 2.75) is 13.3 Å². The van der Waals surface area contributed by atoms with Crippen molar-refractivity contribution >= 4 is 21.6 Å². The number of methoxy groups -OCH3 is 2. The summed E-state index contributed by atoms with van der Waals surface area (Å²) >= 11 is 0. The molecule has 2 aromatic carbocycles. The van der Waals surface area contributed by atoms with Gasteiger partial charge in [0.2, 0.25) is 10.0 Å². The number of sulfonamides is 1. The van der Waals surface area contributed by atoms with Gasteiger partial charge in [-0.05, 0) is 48.7 Å². The number of amides is 1. The molecule has 0 aliphatic heterocycles. The van der Waals surface area contributed by atoms with Gasteiger partial charge in [-0.1, -0.05) is 12.1 Å². The molecule has 8 heteroatoms. The summed E-state index contributed by atoms with van der Waals surface area (Å²) in [6.45, 7) is 2.17. The first-order valence-corrected chi connectivity index (χ1v) is 10.6. The lowest BCUT2D eigenvalue weighted by Crippen LogP contribution is -2.29. The number of carbonyl (C=O) groups is 1. The van der Waals surface area contributed by atoms with Crippen LogP contribution in [0.1, 0.15) is 21.5 Å². The molecule has 0 aliphatic carbocycles. The zero-order valence-electron chi connectivity index (χ0n) is 16.8. The molecule has 152 valence electrons. The van der Waals surface area contributed by atoms with E-state index >= 15 is 0 Å². The highest BCUT2D eigenvalue weighted by atomic mass is 32.2. The lowest BCUT2D eigenvalue weighted by atomic mass is 10.1. The Bertz CT molecular complexity index is 957. The molecule has 0 heterocycles. The Balaban J connectivity index is 2.08. The standard InChI is InChI=1S/C20H26N2O5S/c1-14-16(7-6-8-17(14)22(2)28(5,24)25)20(23)21-12-11-15-9-10-18(26-3)19(13-15)27-4/h6-10,13H,11-12H2,1-5H3,(H,21,23). The zero-order valence-corrected chi connectivity index (χ0v) is 17.6. The molecule has 0 aliphatic rings. The number of carbonyl (C=O) groups excluding carboxylic acids is 1. The molecule has 7 nitrogen and oxygen atoms in total. The molecule has 2 aromatic rings. The number of ether oxygens (including phenoxy) is 2. The molecule has 0 aromatic heterocycles. The molecule has 1 amide bonds. The van der Waals surface area contributed by atoms with Gasteiger partial charge < -0.3 is 14.8 Å². The van der Waals surface area contributed by atoms with Crippen LogP contribution in [0.5, 0.6) is 11.5 Å². The van der Waals surface area contributed by atoms with Crippen LogP contribution in [0.3, 0.4) is 0 Å². The fourth-order valence-corrected chi connectivity index (χ4v) is 3.40. The summed E-state index contributed by atoms with van der Waals surface area (Å²) in [5.74, 6) is 1.04. The van der Waals surface area contributed by atoms with Crippen LogP contribution < -0.4 is 19.1 Å². The van der Waals surface area contributed by atoms with Gasteiger partial charge in [-0.25, -0.2) is 8.42 Å². The number of hydrogen-bond acceptors (Lipinski definition) is 5. The monoisotopic (exact) mass is 406 g/mol. The van der Waals surface area contributed by atoms with Crippen LogP contribution in [0, 0.1) is 6.92 Å². The van der Waals surface area contributed by atoms with Crippen LogP contribution in [0.15, 0.2) is 36.4 Å². The second-order valence-electron chi connectivity index (χ2n) is 6.38. The average Bonchev–Trinajstić information content (AvgIpc) is 2.66. The summed E-state index contributed by atoms with van der Waals surface area (Å²) in [6.07, 6.45) is 1.75. The molecule has 0 atom stereocenters. The van der Waals surface area contributed by atoms with E-state index in [4.69, 9.17) is 9.47 Å². The molecule has 0 bridgehead atoms. The third-order valence-corrected chi connectivity index (χ3v) is 5.73. The van der Waals surface area contributed by atoms with E-state index in [1.54, 1.807) is 39.3 Å². The molecule has 0 radical (unpaired) electrons. The van der Waals surface area contributed by atoms with Crippen molar-refractivity contribution in [1.29, 1.82) is 0 Å². The van der Waals surface area contributed by atoms with Crippen molar-refractivity contribution in [3.05, 3.63) is 53.1 Å². The van der Waals surface area contributed by atoms with Crippen LogP contribution >= 0.6 is 0 Å². The number of nitrogens with one attached hydrogen (secondary N) is 1. The maximum atomic E-state index is 12.6. The van der Waals surface area contributed by atoms with Crippen molar-refractivity contribution < 1.29 is 22.7 Å². The molecule has 0 saturated heterocycles. The molecular formula is C20H26N2O5S. The maximum absolute atomic E-state index is 12.6. The minimum atomic E-state index is -3.41. The van der Waals surface area contributed by atoms with Gasteiger partial charge >= 0.3 is 0 Å². The summed E-state index contributed by atoms with van der Waals surface area (Å²) in [4.78, 5) is 12.6. The van der Waals surface area contributed by atoms with E-state index in [9.17, 15) is 13.2 Å². The Morgan fingerprint density at radius 1 is 1.11 bits per heavy atom. The predicted molar refractivity (Wildman–Crippen MR) is 110 cm³/mol. The SMILES string of the molecule is COc1ccc(CCNC(=O)c2cccc(N(C)S(C)(=O)=O)c2C)cc1OC. The quantitative estimate of drug-likeness (QED) is 0.728. The van der Waals surface area contributed by atoms with Crippen molar-refractivity contribution in [2.24, 2.45) is 0 Å². The normalized spacial score (nSPS) is 11.0.